The molecule has 0 radical (unpaired) electrons. The Balaban J connectivity index is 1.78. The minimum atomic E-state index is -1.35. The number of carbonyl (C=O) groups is 5. The molecule has 0 bridgehead atoms. The zero-order chi connectivity index (χ0) is 24.8. The van der Waals surface area contributed by atoms with Crippen LogP contribution in [-0.4, -0.2) is 76.0 Å². The number of benzene rings is 1. The fourth-order valence-electron chi connectivity index (χ4n) is 3.24. The summed E-state index contributed by atoms with van der Waals surface area (Å²) in [5, 5.41) is 15.1. The van der Waals surface area contributed by atoms with Crippen LogP contribution in [0.3, 0.4) is 0 Å². The minimum absolute atomic E-state index is 0.0470. The number of carboxylic acids is 1. The number of ether oxygens (including phenoxy) is 2. The topological polar surface area (TPSA) is 161 Å². The Kier molecular flexibility index (Phi) is 7.89. The maximum Gasteiger partial charge on any atom is 0.535 e. The molecule has 3 rings (SSSR count). The molecule has 13 heteroatoms. The van der Waals surface area contributed by atoms with Gasteiger partial charge in [-0.15, -0.1) is 11.8 Å². The van der Waals surface area contributed by atoms with Gasteiger partial charge in [0.15, 0.2) is 5.71 Å². The average molecular weight is 491 g/mol. The second-order valence-corrected chi connectivity index (χ2v) is 8.08. The van der Waals surface area contributed by atoms with E-state index in [1.165, 1.54) is 18.7 Å². The van der Waals surface area contributed by atoms with Gasteiger partial charge in [-0.2, -0.15) is 0 Å². The lowest BCUT2D eigenvalue weighted by atomic mass is 10.0. The molecule has 2 N–H and O–H groups in total. The van der Waals surface area contributed by atoms with Crippen LogP contribution in [0.15, 0.2) is 46.8 Å². The zero-order valence-corrected chi connectivity index (χ0v) is 19.0. The van der Waals surface area contributed by atoms with Crippen LogP contribution in [-0.2, 0) is 33.5 Å². The fraction of sp³-hybridized carbons (Fsp3) is 0.333. The first-order valence-electron chi connectivity index (χ1n) is 10.1. The van der Waals surface area contributed by atoms with E-state index in [2.05, 4.69) is 20.0 Å². The van der Waals surface area contributed by atoms with E-state index in [0.29, 0.717) is 5.56 Å². The van der Waals surface area contributed by atoms with E-state index in [1.54, 1.807) is 37.3 Å². The second kappa shape index (κ2) is 10.8. The Labute approximate surface area is 197 Å². The van der Waals surface area contributed by atoms with E-state index in [0.717, 1.165) is 4.90 Å². The number of rotatable bonds is 8. The van der Waals surface area contributed by atoms with Crippen LogP contribution in [0, 0.1) is 0 Å². The summed E-state index contributed by atoms with van der Waals surface area (Å²) >= 11 is 1.21. The first kappa shape index (κ1) is 24.8. The lowest BCUT2D eigenvalue weighted by Crippen LogP contribution is -2.71. The summed E-state index contributed by atoms with van der Waals surface area (Å²) in [6, 6.07) is 7.07. The van der Waals surface area contributed by atoms with Crippen molar-refractivity contribution < 1.29 is 43.4 Å². The lowest BCUT2D eigenvalue weighted by molar-refractivity contribution is -0.150. The summed E-state index contributed by atoms with van der Waals surface area (Å²) in [4.78, 5) is 65.8. The number of nitrogens with zero attached hydrogens (tertiary/aromatic N) is 2. The van der Waals surface area contributed by atoms with Gasteiger partial charge in [0.1, 0.15) is 23.7 Å². The molecule has 0 spiro atoms. The van der Waals surface area contributed by atoms with Crippen molar-refractivity contribution in [2.45, 2.75) is 25.3 Å². The number of fused-ring (bicyclic) bond motifs is 1. The molecule has 2 amide bonds. The normalized spacial score (nSPS) is 19.5. The number of nitrogens with one attached hydrogen (secondary N) is 1. The average Bonchev–Trinajstić information content (AvgIpc) is 2.81. The predicted molar refractivity (Wildman–Crippen MR) is 117 cm³/mol. The highest BCUT2D eigenvalue weighted by molar-refractivity contribution is 8.00. The van der Waals surface area contributed by atoms with Crippen LogP contribution < -0.4 is 5.32 Å². The maximum absolute atomic E-state index is 13.0. The van der Waals surface area contributed by atoms with E-state index in [1.807, 2.05) is 0 Å². The van der Waals surface area contributed by atoms with Crippen LogP contribution in [0.25, 0.3) is 0 Å². The molecule has 2 aliphatic rings. The minimum Gasteiger partial charge on any atom is -0.477 e. The lowest BCUT2D eigenvalue weighted by Gasteiger charge is -2.49. The number of carbonyl (C=O) groups excluding carboxylic acids is 4. The van der Waals surface area contributed by atoms with Crippen molar-refractivity contribution in [2.75, 3.05) is 19.0 Å². The van der Waals surface area contributed by atoms with Crippen LogP contribution in [0.4, 0.5) is 4.79 Å². The van der Waals surface area contributed by atoms with Crippen LogP contribution in [0.5, 0.6) is 0 Å². The molecule has 1 fully saturated rings. The van der Waals surface area contributed by atoms with Crippen molar-refractivity contribution in [3.05, 3.63) is 47.2 Å². The van der Waals surface area contributed by atoms with Gasteiger partial charge in [0, 0.05) is 23.8 Å². The smallest absolute Gasteiger partial charge is 0.477 e. The summed E-state index contributed by atoms with van der Waals surface area (Å²) in [6.45, 7) is 2.56. The number of aliphatic carboxylic acids is 1. The summed E-state index contributed by atoms with van der Waals surface area (Å²) in [6.07, 6.45) is -1.10. The predicted octanol–water partition coefficient (Wildman–Crippen LogP) is 0.866. The number of hydrogen-bond donors (Lipinski definition) is 2. The SMILES string of the molecule is CCOC(=O)ON=C(C(=O)N[C@@H]1C(=O)N2C(C(=O)O)=C(COC(C)=O)CS[C@@H]12)c1ccccc1. The third kappa shape index (κ3) is 5.36. The van der Waals surface area contributed by atoms with Crippen LogP contribution in [0.1, 0.15) is 19.4 Å². The van der Waals surface area contributed by atoms with Crippen molar-refractivity contribution in [2.24, 2.45) is 5.16 Å². The van der Waals surface area contributed by atoms with Gasteiger partial charge in [-0.25, -0.2) is 9.59 Å². The molecule has 0 saturated carbocycles. The molecule has 1 aromatic carbocycles. The van der Waals surface area contributed by atoms with Gasteiger partial charge in [-0.3, -0.25) is 24.1 Å². The highest BCUT2D eigenvalue weighted by Crippen LogP contribution is 2.40. The number of amides is 2. The molecular weight excluding hydrogens is 470 g/mol. The number of carboxylic acid groups (broad SMARTS) is 1. The third-order valence-corrected chi connectivity index (χ3v) is 6.06. The van der Waals surface area contributed by atoms with E-state index in [9.17, 15) is 29.1 Å². The summed E-state index contributed by atoms with van der Waals surface area (Å²) in [7, 11) is 0. The first-order chi connectivity index (χ1) is 16.2. The van der Waals surface area contributed by atoms with Crippen molar-refractivity contribution in [1.29, 1.82) is 0 Å². The van der Waals surface area contributed by atoms with Gasteiger partial charge in [-0.05, 0) is 6.92 Å². The molecule has 180 valence electrons. The summed E-state index contributed by atoms with van der Waals surface area (Å²) in [5.74, 6) is -3.20. The summed E-state index contributed by atoms with van der Waals surface area (Å²) in [5.41, 5.74) is 0.0452. The third-order valence-electron chi connectivity index (χ3n) is 4.72. The molecule has 2 heterocycles. The number of oxime groups is 1. The summed E-state index contributed by atoms with van der Waals surface area (Å²) < 4.78 is 9.52. The Hall–Kier alpha value is -3.87. The standard InChI is InChI=1S/C21H21N3O9S/c1-3-31-21(30)33-23-14(12-7-5-4-6-8-12)17(26)22-15-18(27)24-16(20(28)29)13(9-32-11(2)25)10-34-19(15)24/h4-8,15,19H,3,9-10H2,1-2H3,(H,22,26)(H,28,29)/t15-,19+/m1/s1. The van der Waals surface area contributed by atoms with Crippen molar-refractivity contribution in [3.63, 3.8) is 0 Å². The number of β-lactam (4-membered cyclic amide) rings is 1. The molecule has 0 aliphatic carbocycles. The molecule has 0 unspecified atom stereocenters. The van der Waals surface area contributed by atoms with Crippen molar-refractivity contribution in [3.8, 4) is 0 Å². The van der Waals surface area contributed by atoms with Crippen molar-refractivity contribution >= 4 is 47.4 Å². The first-order valence-corrected chi connectivity index (χ1v) is 11.1. The number of thioether (sulfide) groups is 1. The molecule has 2 atom stereocenters. The molecule has 1 saturated heterocycles. The Morgan fingerprint density at radius 1 is 1.21 bits per heavy atom. The van der Waals surface area contributed by atoms with Gasteiger partial charge in [0.25, 0.3) is 11.8 Å². The van der Waals surface area contributed by atoms with E-state index >= 15 is 0 Å². The monoisotopic (exact) mass is 491 g/mol. The van der Waals surface area contributed by atoms with Crippen molar-refractivity contribution in [1.82, 2.24) is 10.2 Å². The Morgan fingerprint density at radius 3 is 2.53 bits per heavy atom. The van der Waals surface area contributed by atoms with Gasteiger partial charge < -0.3 is 19.9 Å². The molecular formula is C21H21N3O9S. The quantitative estimate of drug-likeness (QED) is 0.175. The van der Waals surface area contributed by atoms with E-state index in [4.69, 9.17) is 4.74 Å². The highest BCUT2D eigenvalue weighted by atomic mass is 32.2. The number of esters is 1. The molecule has 12 nitrogen and oxygen atoms in total. The molecule has 0 aromatic heterocycles. The highest BCUT2D eigenvalue weighted by Gasteiger charge is 2.54. The van der Waals surface area contributed by atoms with Crippen LogP contribution >= 0.6 is 11.8 Å². The largest absolute Gasteiger partial charge is 0.535 e. The van der Waals surface area contributed by atoms with Gasteiger partial charge in [0.2, 0.25) is 0 Å². The van der Waals surface area contributed by atoms with Gasteiger partial charge in [-0.1, -0.05) is 35.5 Å². The molecule has 2 aliphatic heterocycles. The van der Waals surface area contributed by atoms with E-state index < -0.39 is 41.3 Å². The molecule has 1 aromatic rings. The Bertz CT molecular complexity index is 1070. The Morgan fingerprint density at radius 2 is 1.91 bits per heavy atom. The number of hydrogen-bond acceptors (Lipinski definition) is 10. The zero-order valence-electron chi connectivity index (χ0n) is 18.2. The van der Waals surface area contributed by atoms with E-state index in [-0.39, 0.29) is 35.9 Å². The van der Waals surface area contributed by atoms with Crippen LogP contribution in [0.2, 0.25) is 0 Å². The van der Waals surface area contributed by atoms with Gasteiger partial charge >= 0.3 is 18.1 Å². The molecule has 34 heavy (non-hydrogen) atoms. The fourth-order valence-corrected chi connectivity index (χ4v) is 4.57. The van der Waals surface area contributed by atoms with Gasteiger partial charge in [0.05, 0.1) is 6.61 Å². The maximum atomic E-state index is 13.0. The second-order valence-electron chi connectivity index (χ2n) is 6.98.